The second-order valence-corrected chi connectivity index (χ2v) is 5.37. The van der Waals surface area contributed by atoms with Gasteiger partial charge in [0.15, 0.2) is 11.8 Å². The van der Waals surface area contributed by atoms with Gasteiger partial charge in [-0.1, -0.05) is 11.6 Å². The Kier molecular flexibility index (Phi) is 6.21. The predicted molar refractivity (Wildman–Crippen MR) is 92.8 cm³/mol. The second-order valence-electron chi connectivity index (χ2n) is 4.93. The zero-order chi connectivity index (χ0) is 17.5. The normalized spacial score (nSPS) is 11.5. The van der Waals surface area contributed by atoms with E-state index in [4.69, 9.17) is 21.1 Å². The number of anilines is 1. The van der Waals surface area contributed by atoms with Gasteiger partial charge >= 0.3 is 5.97 Å². The molecule has 2 aromatic carbocycles. The van der Waals surface area contributed by atoms with E-state index in [1.165, 1.54) is 0 Å². The van der Waals surface area contributed by atoms with Crippen LogP contribution in [0.5, 0.6) is 5.75 Å². The lowest BCUT2D eigenvalue weighted by Crippen LogP contribution is -2.39. The van der Waals surface area contributed by atoms with E-state index in [1.807, 2.05) is 0 Å². The van der Waals surface area contributed by atoms with E-state index in [2.05, 4.69) is 5.32 Å². The molecule has 0 radical (unpaired) electrons. The van der Waals surface area contributed by atoms with Gasteiger partial charge in [0.25, 0.3) is 0 Å². The molecule has 2 aromatic rings. The molecule has 6 heteroatoms. The highest BCUT2D eigenvalue weighted by molar-refractivity contribution is 6.30. The summed E-state index contributed by atoms with van der Waals surface area (Å²) in [7, 11) is 1.56. The molecule has 0 heterocycles. The van der Waals surface area contributed by atoms with Crippen LogP contribution in [0, 0.1) is 0 Å². The van der Waals surface area contributed by atoms with Crippen LogP contribution < -0.4 is 10.1 Å². The Hall–Kier alpha value is -2.53. The minimum Gasteiger partial charge on any atom is -0.497 e. The van der Waals surface area contributed by atoms with Crippen LogP contribution in [0.1, 0.15) is 17.3 Å². The van der Waals surface area contributed by atoms with Crippen LogP contribution in [-0.4, -0.2) is 31.5 Å². The highest BCUT2D eigenvalue weighted by Gasteiger charge is 2.29. The maximum atomic E-state index is 12.7. The molecule has 0 aliphatic rings. The fraction of sp³-hybridized carbons (Fsp3) is 0.222. The summed E-state index contributed by atoms with van der Waals surface area (Å²) >= 11 is 5.84. The molecule has 0 saturated heterocycles. The Labute approximate surface area is 145 Å². The van der Waals surface area contributed by atoms with Crippen LogP contribution in [0.4, 0.5) is 5.69 Å². The highest BCUT2D eigenvalue weighted by Crippen LogP contribution is 2.18. The largest absolute Gasteiger partial charge is 0.497 e. The van der Waals surface area contributed by atoms with Gasteiger partial charge in [0.05, 0.1) is 13.7 Å². The number of ketones is 1. The molecule has 0 saturated carbocycles. The number of hydrogen-bond donors (Lipinski definition) is 1. The fourth-order valence-corrected chi connectivity index (χ4v) is 2.22. The number of nitrogens with one attached hydrogen (secondary N) is 1. The van der Waals surface area contributed by atoms with Crippen molar-refractivity contribution in [3.05, 3.63) is 59.1 Å². The van der Waals surface area contributed by atoms with Gasteiger partial charge in [0.1, 0.15) is 5.75 Å². The van der Waals surface area contributed by atoms with Crippen LogP contribution in [0.2, 0.25) is 5.02 Å². The number of hydrogen-bond acceptors (Lipinski definition) is 5. The lowest BCUT2D eigenvalue weighted by atomic mass is 10.0. The van der Waals surface area contributed by atoms with Gasteiger partial charge in [-0.3, -0.25) is 4.79 Å². The van der Waals surface area contributed by atoms with Crippen molar-refractivity contribution in [2.45, 2.75) is 13.0 Å². The number of carbonyl (C=O) groups is 2. The van der Waals surface area contributed by atoms with Crippen molar-refractivity contribution in [1.82, 2.24) is 0 Å². The third-order valence-electron chi connectivity index (χ3n) is 3.31. The third kappa shape index (κ3) is 4.49. The van der Waals surface area contributed by atoms with E-state index >= 15 is 0 Å². The number of halogens is 1. The molecule has 24 heavy (non-hydrogen) atoms. The van der Waals surface area contributed by atoms with E-state index in [1.54, 1.807) is 62.6 Å². The van der Waals surface area contributed by atoms with Gasteiger partial charge < -0.3 is 14.8 Å². The first-order valence-corrected chi connectivity index (χ1v) is 7.80. The van der Waals surface area contributed by atoms with Crippen molar-refractivity contribution in [2.75, 3.05) is 19.0 Å². The van der Waals surface area contributed by atoms with E-state index in [9.17, 15) is 9.59 Å². The molecule has 0 bridgehead atoms. The van der Waals surface area contributed by atoms with Crippen molar-refractivity contribution in [2.24, 2.45) is 0 Å². The lowest BCUT2D eigenvalue weighted by Gasteiger charge is -2.17. The fourth-order valence-electron chi connectivity index (χ4n) is 2.09. The number of Topliss-reactive ketones (excluding diaryl/α,β-unsaturated/α-hetero) is 1. The van der Waals surface area contributed by atoms with E-state index in [0.717, 1.165) is 0 Å². The summed E-state index contributed by atoms with van der Waals surface area (Å²) in [4.78, 5) is 24.9. The Morgan fingerprint density at radius 2 is 1.71 bits per heavy atom. The highest BCUT2D eigenvalue weighted by atomic mass is 35.5. The van der Waals surface area contributed by atoms with Crippen molar-refractivity contribution in [1.29, 1.82) is 0 Å². The number of ether oxygens (including phenoxy) is 2. The summed E-state index contributed by atoms with van der Waals surface area (Å²) in [5.41, 5.74) is 0.981. The van der Waals surface area contributed by atoms with Crippen LogP contribution in [0.25, 0.3) is 0 Å². The number of carbonyl (C=O) groups excluding carboxylic acids is 2. The van der Waals surface area contributed by atoms with Crippen molar-refractivity contribution in [3.8, 4) is 5.75 Å². The zero-order valence-corrected chi connectivity index (χ0v) is 14.2. The molecule has 0 aliphatic heterocycles. The van der Waals surface area contributed by atoms with E-state index < -0.39 is 12.0 Å². The minimum atomic E-state index is -1.14. The monoisotopic (exact) mass is 347 g/mol. The molecule has 1 unspecified atom stereocenters. The molecule has 1 atom stereocenters. The maximum Gasteiger partial charge on any atom is 0.336 e. The number of rotatable bonds is 7. The first-order chi connectivity index (χ1) is 11.5. The van der Waals surface area contributed by atoms with Gasteiger partial charge in [-0.25, -0.2) is 4.79 Å². The molecule has 126 valence electrons. The van der Waals surface area contributed by atoms with Crippen LogP contribution >= 0.6 is 11.6 Å². The molecule has 0 spiro atoms. The topological polar surface area (TPSA) is 64.6 Å². The van der Waals surface area contributed by atoms with E-state index in [-0.39, 0.29) is 12.4 Å². The summed E-state index contributed by atoms with van der Waals surface area (Å²) in [6.07, 6.45) is 0. The summed E-state index contributed by atoms with van der Waals surface area (Å²) in [5.74, 6) is -0.341. The van der Waals surface area contributed by atoms with Crippen molar-refractivity contribution < 1.29 is 19.1 Å². The van der Waals surface area contributed by atoms with Crippen LogP contribution in [0.15, 0.2) is 48.5 Å². The quantitative estimate of drug-likeness (QED) is 0.471. The van der Waals surface area contributed by atoms with Gasteiger partial charge in [0, 0.05) is 16.3 Å². The lowest BCUT2D eigenvalue weighted by molar-refractivity contribution is -0.142. The Balaban J connectivity index is 2.24. The molecule has 1 N–H and O–H groups in total. The standard InChI is InChI=1S/C18H18ClNO4/c1-3-24-18(22)16(17(21)12-4-6-13(19)7-5-12)20-14-8-10-15(23-2)11-9-14/h4-11,16,20H,3H2,1-2H3. The van der Waals surface area contributed by atoms with Gasteiger partial charge in [-0.05, 0) is 55.5 Å². The average molecular weight is 348 g/mol. The van der Waals surface area contributed by atoms with Crippen molar-refractivity contribution in [3.63, 3.8) is 0 Å². The first kappa shape index (κ1) is 17.8. The Morgan fingerprint density at radius 3 is 2.25 bits per heavy atom. The smallest absolute Gasteiger partial charge is 0.336 e. The molecule has 2 rings (SSSR count). The Morgan fingerprint density at radius 1 is 1.08 bits per heavy atom. The SMILES string of the molecule is CCOC(=O)C(Nc1ccc(OC)cc1)C(=O)c1ccc(Cl)cc1. The zero-order valence-electron chi connectivity index (χ0n) is 13.4. The van der Waals surface area contributed by atoms with Crippen molar-refractivity contribution >= 4 is 29.0 Å². The Bertz CT molecular complexity index is 698. The maximum absolute atomic E-state index is 12.7. The number of benzene rings is 2. The number of esters is 1. The predicted octanol–water partition coefficient (Wildman–Crippen LogP) is 3.58. The van der Waals surface area contributed by atoms with Gasteiger partial charge in [-0.2, -0.15) is 0 Å². The summed E-state index contributed by atoms with van der Waals surface area (Å²) in [6.45, 7) is 1.88. The van der Waals surface area contributed by atoms with Gasteiger partial charge in [0.2, 0.25) is 0 Å². The first-order valence-electron chi connectivity index (χ1n) is 7.42. The minimum absolute atomic E-state index is 0.188. The molecule has 0 fully saturated rings. The second kappa shape index (κ2) is 8.36. The summed E-state index contributed by atoms with van der Waals surface area (Å²) in [6, 6.07) is 12.1. The molecule has 0 aliphatic carbocycles. The molecule has 0 aromatic heterocycles. The molecule has 0 amide bonds. The molecular weight excluding hydrogens is 330 g/mol. The van der Waals surface area contributed by atoms with Gasteiger partial charge in [-0.15, -0.1) is 0 Å². The molecule has 5 nitrogen and oxygen atoms in total. The number of methoxy groups -OCH3 is 1. The molecular formula is C18H18ClNO4. The third-order valence-corrected chi connectivity index (χ3v) is 3.57. The summed E-state index contributed by atoms with van der Waals surface area (Å²) in [5, 5.41) is 3.43. The van der Waals surface area contributed by atoms with Crippen LogP contribution in [0.3, 0.4) is 0 Å². The van der Waals surface area contributed by atoms with E-state index in [0.29, 0.717) is 22.0 Å². The summed E-state index contributed by atoms with van der Waals surface area (Å²) < 4.78 is 10.1. The van der Waals surface area contributed by atoms with Crippen LogP contribution in [-0.2, 0) is 9.53 Å². The average Bonchev–Trinajstić information content (AvgIpc) is 2.60.